The predicted molar refractivity (Wildman–Crippen MR) is 130 cm³/mol. The van der Waals surface area contributed by atoms with Gasteiger partial charge < -0.3 is 5.32 Å². The molecule has 1 unspecified atom stereocenters. The molecule has 5 heteroatoms. The van der Waals surface area contributed by atoms with Crippen LogP contribution in [0.4, 0.5) is 5.82 Å². The summed E-state index contributed by atoms with van der Waals surface area (Å²) in [4.78, 5) is 17.8. The number of anilines is 1. The van der Waals surface area contributed by atoms with Crippen molar-refractivity contribution in [2.75, 3.05) is 5.32 Å². The first kappa shape index (κ1) is 21.1. The molecular weight excluding hydrogens is 408 g/mol. The van der Waals surface area contributed by atoms with Crippen molar-refractivity contribution in [2.45, 2.75) is 44.7 Å². The lowest BCUT2D eigenvalue weighted by molar-refractivity contribution is 0.0993. The van der Waals surface area contributed by atoms with E-state index in [9.17, 15) is 4.79 Å². The van der Waals surface area contributed by atoms with Crippen LogP contribution in [0, 0.1) is 0 Å². The second-order valence-corrected chi connectivity index (χ2v) is 9.37. The van der Waals surface area contributed by atoms with Gasteiger partial charge in [0.05, 0.1) is 29.0 Å². The lowest BCUT2D eigenvalue weighted by Crippen LogP contribution is -2.38. The van der Waals surface area contributed by atoms with Crippen LogP contribution in [0.2, 0.25) is 0 Å². The predicted octanol–water partition coefficient (Wildman–Crippen LogP) is 5.59. The second kappa shape index (κ2) is 8.66. The highest BCUT2D eigenvalue weighted by Gasteiger charge is 2.36. The number of carbonyl (C=O) groups is 1. The molecule has 0 saturated carbocycles. The zero-order valence-electron chi connectivity index (χ0n) is 19.0. The fourth-order valence-corrected chi connectivity index (χ4v) is 4.60. The maximum absolute atomic E-state index is 13.3. The molecule has 2 aromatic heterocycles. The second-order valence-electron chi connectivity index (χ2n) is 9.37. The molecule has 0 bridgehead atoms. The number of hydrogen-bond donors (Lipinski definition) is 1. The molecule has 1 N–H and O–H groups in total. The van der Waals surface area contributed by atoms with E-state index in [2.05, 4.69) is 77.8 Å². The number of benzene rings is 2. The van der Waals surface area contributed by atoms with E-state index in [-0.39, 0.29) is 17.4 Å². The summed E-state index contributed by atoms with van der Waals surface area (Å²) in [5, 5.41) is 8.11. The van der Waals surface area contributed by atoms with Crippen molar-refractivity contribution in [1.29, 1.82) is 0 Å². The van der Waals surface area contributed by atoms with Crippen LogP contribution in [0.15, 0.2) is 85.2 Å². The lowest BCUT2D eigenvalue weighted by Gasteiger charge is -2.37. The minimum absolute atomic E-state index is 0.0363. The average molecular weight is 437 g/mol. The maximum atomic E-state index is 13.3. The van der Waals surface area contributed by atoms with Crippen molar-refractivity contribution >= 4 is 11.6 Å². The first-order valence-corrected chi connectivity index (χ1v) is 11.4. The minimum Gasteiger partial charge on any atom is -0.361 e. The Morgan fingerprint density at radius 1 is 0.970 bits per heavy atom. The van der Waals surface area contributed by atoms with E-state index in [4.69, 9.17) is 0 Å². The number of fused-ring (bicyclic) bond motifs is 1. The van der Waals surface area contributed by atoms with Crippen molar-refractivity contribution in [1.82, 2.24) is 14.8 Å². The number of rotatable bonds is 6. The molecule has 1 aliphatic rings. The maximum Gasteiger partial charge on any atom is 0.172 e. The quantitative estimate of drug-likeness (QED) is 0.401. The van der Waals surface area contributed by atoms with Gasteiger partial charge in [0.1, 0.15) is 5.82 Å². The Bertz CT molecular complexity index is 1240. The standard InChI is InChI=1S/C28H28N4O/c1-28(2)18-25(24-10-6-7-15-29-24)31-27-23(19-30-32(27)28)26(33)17-22-13-11-21(12-14-22)16-20-8-4-3-5-9-20/h3-15,19,25,31H,16-18H2,1-2H3. The summed E-state index contributed by atoms with van der Waals surface area (Å²) in [7, 11) is 0. The summed E-state index contributed by atoms with van der Waals surface area (Å²) < 4.78 is 1.95. The van der Waals surface area contributed by atoms with E-state index in [1.807, 2.05) is 35.1 Å². The molecule has 33 heavy (non-hydrogen) atoms. The highest BCUT2D eigenvalue weighted by atomic mass is 16.1. The molecule has 0 radical (unpaired) electrons. The van der Waals surface area contributed by atoms with Gasteiger partial charge in [-0.3, -0.25) is 9.78 Å². The van der Waals surface area contributed by atoms with Gasteiger partial charge in [0.15, 0.2) is 5.78 Å². The third-order valence-electron chi connectivity index (χ3n) is 6.34. The third-order valence-corrected chi connectivity index (χ3v) is 6.34. The van der Waals surface area contributed by atoms with E-state index in [1.54, 1.807) is 6.20 Å². The molecule has 0 aliphatic carbocycles. The fourth-order valence-electron chi connectivity index (χ4n) is 4.60. The van der Waals surface area contributed by atoms with Crippen LogP contribution in [0.5, 0.6) is 0 Å². The van der Waals surface area contributed by atoms with E-state index in [1.165, 1.54) is 11.1 Å². The SMILES string of the molecule is CC1(C)CC(c2ccccn2)Nc2c(C(=O)Cc3ccc(Cc4ccccc4)cc3)cnn21. The van der Waals surface area contributed by atoms with Crippen LogP contribution >= 0.6 is 0 Å². The molecule has 4 aromatic rings. The van der Waals surface area contributed by atoms with Crippen molar-refractivity contribution in [3.05, 3.63) is 113 Å². The molecule has 0 spiro atoms. The van der Waals surface area contributed by atoms with Gasteiger partial charge >= 0.3 is 0 Å². The smallest absolute Gasteiger partial charge is 0.172 e. The third kappa shape index (κ3) is 4.44. The Morgan fingerprint density at radius 2 is 1.67 bits per heavy atom. The normalized spacial score (nSPS) is 16.6. The first-order valence-electron chi connectivity index (χ1n) is 11.4. The summed E-state index contributed by atoms with van der Waals surface area (Å²) in [6.45, 7) is 4.31. The van der Waals surface area contributed by atoms with E-state index in [0.717, 1.165) is 29.9 Å². The van der Waals surface area contributed by atoms with Crippen LogP contribution in [-0.4, -0.2) is 20.5 Å². The summed E-state index contributed by atoms with van der Waals surface area (Å²) in [6.07, 6.45) is 5.59. The minimum atomic E-state index is -0.222. The molecule has 0 fully saturated rings. The summed E-state index contributed by atoms with van der Waals surface area (Å²) in [5.74, 6) is 0.852. The van der Waals surface area contributed by atoms with Gasteiger partial charge in [-0.15, -0.1) is 0 Å². The van der Waals surface area contributed by atoms with Crippen molar-refractivity contribution in [3.63, 3.8) is 0 Å². The van der Waals surface area contributed by atoms with Crippen LogP contribution in [0.3, 0.4) is 0 Å². The lowest BCUT2D eigenvalue weighted by atomic mass is 9.90. The highest BCUT2D eigenvalue weighted by Crippen LogP contribution is 2.39. The Balaban J connectivity index is 1.34. The van der Waals surface area contributed by atoms with Crippen LogP contribution < -0.4 is 5.32 Å². The molecule has 3 heterocycles. The first-order chi connectivity index (χ1) is 16.0. The summed E-state index contributed by atoms with van der Waals surface area (Å²) in [5.41, 5.74) is 4.92. The van der Waals surface area contributed by atoms with Crippen LogP contribution in [0.25, 0.3) is 0 Å². The average Bonchev–Trinajstić information content (AvgIpc) is 3.27. The Kier molecular flexibility index (Phi) is 5.55. The Morgan fingerprint density at radius 3 is 2.39 bits per heavy atom. The highest BCUT2D eigenvalue weighted by molar-refractivity contribution is 6.01. The zero-order valence-corrected chi connectivity index (χ0v) is 19.0. The van der Waals surface area contributed by atoms with E-state index in [0.29, 0.717) is 12.0 Å². The number of pyridine rings is 1. The Labute approximate surface area is 194 Å². The van der Waals surface area contributed by atoms with E-state index < -0.39 is 0 Å². The molecule has 2 aromatic carbocycles. The monoisotopic (exact) mass is 436 g/mol. The van der Waals surface area contributed by atoms with Gasteiger partial charge in [-0.2, -0.15) is 5.10 Å². The molecule has 0 amide bonds. The van der Waals surface area contributed by atoms with Gasteiger partial charge in [-0.05, 0) is 55.5 Å². The molecule has 0 saturated heterocycles. The number of nitrogens with zero attached hydrogens (tertiary/aromatic N) is 3. The molecule has 1 atom stereocenters. The molecule has 166 valence electrons. The van der Waals surface area contributed by atoms with Gasteiger partial charge in [0.25, 0.3) is 0 Å². The zero-order chi connectivity index (χ0) is 22.8. The molecule has 5 rings (SSSR count). The number of hydrogen-bond acceptors (Lipinski definition) is 4. The van der Waals surface area contributed by atoms with Gasteiger partial charge in [-0.25, -0.2) is 4.68 Å². The number of Topliss-reactive ketones (excluding diaryl/α,β-unsaturated/α-hetero) is 1. The largest absolute Gasteiger partial charge is 0.361 e. The van der Waals surface area contributed by atoms with Crippen LogP contribution in [-0.2, 0) is 18.4 Å². The Hall–Kier alpha value is -3.73. The van der Waals surface area contributed by atoms with Gasteiger partial charge in [0, 0.05) is 12.6 Å². The molecular formula is C28H28N4O. The molecule has 5 nitrogen and oxygen atoms in total. The van der Waals surface area contributed by atoms with Gasteiger partial charge in [-0.1, -0.05) is 60.7 Å². The number of nitrogens with one attached hydrogen (secondary N) is 1. The number of carbonyl (C=O) groups excluding carboxylic acids is 1. The summed E-state index contributed by atoms with van der Waals surface area (Å²) in [6, 6.07) is 24.7. The van der Waals surface area contributed by atoms with Gasteiger partial charge in [0.2, 0.25) is 0 Å². The molecule has 1 aliphatic heterocycles. The van der Waals surface area contributed by atoms with Crippen LogP contribution in [0.1, 0.15) is 59.1 Å². The number of ketones is 1. The van der Waals surface area contributed by atoms with Crippen molar-refractivity contribution < 1.29 is 4.79 Å². The fraction of sp³-hybridized carbons (Fsp3) is 0.250. The summed E-state index contributed by atoms with van der Waals surface area (Å²) >= 11 is 0. The topological polar surface area (TPSA) is 59.8 Å². The van der Waals surface area contributed by atoms with Crippen molar-refractivity contribution in [2.24, 2.45) is 0 Å². The van der Waals surface area contributed by atoms with E-state index >= 15 is 0 Å². The number of aromatic nitrogens is 3. The van der Waals surface area contributed by atoms with Crippen molar-refractivity contribution in [3.8, 4) is 0 Å².